The number of nitrogens with one attached hydrogen (secondary N) is 1. The second-order valence-electron chi connectivity index (χ2n) is 5.00. The van der Waals surface area contributed by atoms with Crippen molar-refractivity contribution in [2.45, 2.75) is 19.9 Å². The first-order valence-electron chi connectivity index (χ1n) is 6.68. The number of nitriles is 1. The molecule has 0 aliphatic carbocycles. The van der Waals surface area contributed by atoms with Gasteiger partial charge in [-0.1, -0.05) is 12.1 Å². The number of amides is 1. The summed E-state index contributed by atoms with van der Waals surface area (Å²) in [5, 5.41) is 11.7. The second kappa shape index (κ2) is 6.10. The average molecular weight is 279 g/mol. The maximum absolute atomic E-state index is 12.2. The van der Waals surface area contributed by atoms with Crippen LogP contribution in [0.5, 0.6) is 0 Å². The molecule has 1 amide bonds. The van der Waals surface area contributed by atoms with Gasteiger partial charge in [-0.2, -0.15) is 5.26 Å². The predicted molar refractivity (Wildman–Crippen MR) is 82.6 cm³/mol. The Labute approximate surface area is 124 Å². The van der Waals surface area contributed by atoms with Crippen LogP contribution in [0.15, 0.2) is 42.5 Å². The second-order valence-corrected chi connectivity index (χ2v) is 5.00. The van der Waals surface area contributed by atoms with Crippen LogP contribution in [0.2, 0.25) is 0 Å². The molecule has 4 heteroatoms. The first-order valence-corrected chi connectivity index (χ1v) is 6.68. The van der Waals surface area contributed by atoms with E-state index in [0.717, 1.165) is 11.1 Å². The average Bonchev–Trinajstić information content (AvgIpc) is 2.50. The van der Waals surface area contributed by atoms with E-state index in [-0.39, 0.29) is 11.9 Å². The highest BCUT2D eigenvalue weighted by atomic mass is 16.1. The SMILES string of the molecule is Cc1cc(C(=O)NC(C)c2ccc(C#N)cc2)ccc1N. The van der Waals surface area contributed by atoms with Crippen LogP contribution >= 0.6 is 0 Å². The molecule has 0 radical (unpaired) electrons. The van der Waals surface area contributed by atoms with Gasteiger partial charge in [0.1, 0.15) is 0 Å². The fourth-order valence-corrected chi connectivity index (χ4v) is 2.03. The summed E-state index contributed by atoms with van der Waals surface area (Å²) >= 11 is 0. The molecule has 0 aliphatic heterocycles. The van der Waals surface area contributed by atoms with Crippen LogP contribution in [-0.4, -0.2) is 5.91 Å². The van der Waals surface area contributed by atoms with Crippen molar-refractivity contribution in [3.05, 3.63) is 64.7 Å². The van der Waals surface area contributed by atoms with Crippen LogP contribution < -0.4 is 11.1 Å². The van der Waals surface area contributed by atoms with Crippen LogP contribution in [0, 0.1) is 18.3 Å². The van der Waals surface area contributed by atoms with Crippen molar-refractivity contribution in [2.75, 3.05) is 5.73 Å². The molecular weight excluding hydrogens is 262 g/mol. The van der Waals surface area contributed by atoms with Gasteiger partial charge in [0, 0.05) is 11.3 Å². The van der Waals surface area contributed by atoms with E-state index >= 15 is 0 Å². The van der Waals surface area contributed by atoms with E-state index < -0.39 is 0 Å². The lowest BCUT2D eigenvalue weighted by Crippen LogP contribution is -2.26. The van der Waals surface area contributed by atoms with Crippen molar-refractivity contribution < 1.29 is 4.79 Å². The van der Waals surface area contributed by atoms with Gasteiger partial charge in [-0.25, -0.2) is 0 Å². The van der Waals surface area contributed by atoms with Crippen LogP contribution in [-0.2, 0) is 0 Å². The Kier molecular flexibility index (Phi) is 4.24. The molecule has 0 fully saturated rings. The van der Waals surface area contributed by atoms with Crippen molar-refractivity contribution >= 4 is 11.6 Å². The third-order valence-corrected chi connectivity index (χ3v) is 3.42. The monoisotopic (exact) mass is 279 g/mol. The van der Waals surface area contributed by atoms with Gasteiger partial charge in [0.25, 0.3) is 5.91 Å². The highest BCUT2D eigenvalue weighted by Crippen LogP contribution is 2.16. The van der Waals surface area contributed by atoms with Gasteiger partial charge in [0.05, 0.1) is 17.7 Å². The Hall–Kier alpha value is -2.80. The molecule has 0 heterocycles. The summed E-state index contributed by atoms with van der Waals surface area (Å²) in [6.07, 6.45) is 0. The quantitative estimate of drug-likeness (QED) is 0.848. The molecule has 1 atom stereocenters. The van der Waals surface area contributed by atoms with Crippen LogP contribution in [0.1, 0.15) is 40.0 Å². The molecule has 1 unspecified atom stereocenters. The van der Waals surface area contributed by atoms with Crippen molar-refractivity contribution in [1.29, 1.82) is 5.26 Å². The molecule has 0 saturated heterocycles. The zero-order valence-electron chi connectivity index (χ0n) is 12.1. The van der Waals surface area contributed by atoms with Crippen LogP contribution in [0.3, 0.4) is 0 Å². The van der Waals surface area contributed by atoms with E-state index in [1.807, 2.05) is 26.0 Å². The molecule has 3 N–H and O–H groups in total. The van der Waals surface area contributed by atoms with Gasteiger partial charge in [-0.3, -0.25) is 4.79 Å². The number of hydrogen-bond donors (Lipinski definition) is 2. The number of benzene rings is 2. The first-order chi connectivity index (χ1) is 10.0. The molecule has 0 aromatic heterocycles. The van der Waals surface area contributed by atoms with E-state index in [0.29, 0.717) is 16.8 Å². The summed E-state index contributed by atoms with van der Waals surface area (Å²) < 4.78 is 0. The van der Waals surface area contributed by atoms with Gasteiger partial charge >= 0.3 is 0 Å². The number of carbonyl (C=O) groups excluding carboxylic acids is 1. The topological polar surface area (TPSA) is 78.9 Å². The summed E-state index contributed by atoms with van der Waals surface area (Å²) in [5.41, 5.74) is 9.45. The number of rotatable bonds is 3. The zero-order valence-corrected chi connectivity index (χ0v) is 12.1. The summed E-state index contributed by atoms with van der Waals surface area (Å²) in [4.78, 5) is 12.2. The summed E-state index contributed by atoms with van der Waals surface area (Å²) in [6.45, 7) is 3.78. The van der Waals surface area contributed by atoms with Gasteiger partial charge in [0.15, 0.2) is 0 Å². The number of carbonyl (C=O) groups is 1. The Morgan fingerprint density at radius 3 is 2.48 bits per heavy atom. The Morgan fingerprint density at radius 1 is 1.24 bits per heavy atom. The standard InChI is InChI=1S/C17H17N3O/c1-11-9-15(7-8-16(11)19)17(21)20-12(2)14-5-3-13(10-18)4-6-14/h3-9,12H,19H2,1-2H3,(H,20,21). The third-order valence-electron chi connectivity index (χ3n) is 3.42. The largest absolute Gasteiger partial charge is 0.399 e. The molecule has 2 rings (SSSR count). The van der Waals surface area contributed by atoms with Crippen molar-refractivity contribution in [1.82, 2.24) is 5.32 Å². The molecule has 0 spiro atoms. The lowest BCUT2D eigenvalue weighted by molar-refractivity contribution is 0.0940. The summed E-state index contributed by atoms with van der Waals surface area (Å²) in [6, 6.07) is 14.3. The molecule has 2 aromatic carbocycles. The van der Waals surface area contributed by atoms with E-state index in [9.17, 15) is 4.79 Å². The van der Waals surface area contributed by atoms with E-state index in [4.69, 9.17) is 11.0 Å². The van der Waals surface area contributed by atoms with E-state index in [2.05, 4.69) is 11.4 Å². The minimum absolute atomic E-state index is 0.136. The molecule has 21 heavy (non-hydrogen) atoms. The maximum Gasteiger partial charge on any atom is 0.251 e. The first kappa shape index (κ1) is 14.6. The van der Waals surface area contributed by atoms with Crippen molar-refractivity contribution in [2.24, 2.45) is 0 Å². The minimum atomic E-state index is -0.144. The molecular formula is C17H17N3O. The molecule has 0 saturated carbocycles. The number of nitrogen functional groups attached to an aromatic ring is 1. The van der Waals surface area contributed by atoms with Gasteiger partial charge < -0.3 is 11.1 Å². The van der Waals surface area contributed by atoms with E-state index in [1.54, 1.807) is 30.3 Å². The summed E-state index contributed by atoms with van der Waals surface area (Å²) in [7, 11) is 0. The van der Waals surface area contributed by atoms with Crippen molar-refractivity contribution in [3.63, 3.8) is 0 Å². The lowest BCUT2D eigenvalue weighted by atomic mass is 10.1. The Bertz CT molecular complexity index is 699. The van der Waals surface area contributed by atoms with Crippen LogP contribution in [0.25, 0.3) is 0 Å². The molecule has 4 nitrogen and oxygen atoms in total. The molecule has 0 bridgehead atoms. The summed E-state index contributed by atoms with van der Waals surface area (Å²) in [5.74, 6) is -0.144. The number of nitrogens with two attached hydrogens (primary N) is 1. The van der Waals surface area contributed by atoms with Gasteiger partial charge in [-0.15, -0.1) is 0 Å². The predicted octanol–water partition coefficient (Wildman–Crippen LogP) is 2.94. The number of anilines is 1. The maximum atomic E-state index is 12.2. The number of hydrogen-bond acceptors (Lipinski definition) is 3. The highest BCUT2D eigenvalue weighted by molar-refractivity contribution is 5.95. The normalized spacial score (nSPS) is 11.5. The molecule has 106 valence electrons. The Morgan fingerprint density at radius 2 is 1.90 bits per heavy atom. The highest BCUT2D eigenvalue weighted by Gasteiger charge is 2.12. The fraction of sp³-hybridized carbons (Fsp3) is 0.176. The fourth-order valence-electron chi connectivity index (χ4n) is 2.03. The third kappa shape index (κ3) is 3.40. The minimum Gasteiger partial charge on any atom is -0.399 e. The smallest absolute Gasteiger partial charge is 0.251 e. The van der Waals surface area contributed by atoms with Crippen molar-refractivity contribution in [3.8, 4) is 6.07 Å². The Balaban J connectivity index is 2.10. The number of aryl methyl sites for hydroxylation is 1. The van der Waals surface area contributed by atoms with Gasteiger partial charge in [-0.05, 0) is 55.3 Å². The van der Waals surface area contributed by atoms with E-state index in [1.165, 1.54) is 0 Å². The zero-order chi connectivity index (χ0) is 15.4. The van der Waals surface area contributed by atoms with Crippen LogP contribution in [0.4, 0.5) is 5.69 Å². The molecule has 0 aliphatic rings. The number of nitrogens with zero attached hydrogens (tertiary/aromatic N) is 1. The lowest BCUT2D eigenvalue weighted by Gasteiger charge is -2.15. The van der Waals surface area contributed by atoms with Gasteiger partial charge in [0.2, 0.25) is 0 Å². The molecule has 2 aromatic rings.